The Bertz CT molecular complexity index is 748. The van der Waals surface area contributed by atoms with Crippen LogP contribution in [-0.2, 0) is 23.1 Å². The minimum atomic E-state index is -4.02. The molecule has 0 amide bonds. The van der Waals surface area contributed by atoms with E-state index in [0.717, 1.165) is 12.1 Å². The van der Waals surface area contributed by atoms with E-state index in [1.54, 1.807) is 6.07 Å². The Kier molecular flexibility index (Phi) is 4.66. The van der Waals surface area contributed by atoms with E-state index >= 15 is 0 Å². The number of halogens is 2. The van der Waals surface area contributed by atoms with Gasteiger partial charge in [0.1, 0.15) is 16.5 Å². The number of sulfonamides is 1. The van der Waals surface area contributed by atoms with Crippen LogP contribution in [0.2, 0.25) is 0 Å². The second-order valence-corrected chi connectivity index (χ2v) is 6.16. The lowest BCUT2D eigenvalue weighted by Crippen LogP contribution is -2.24. The van der Waals surface area contributed by atoms with E-state index in [0.29, 0.717) is 11.1 Å². The fourth-order valence-corrected chi connectivity index (χ4v) is 2.87. The Labute approximate surface area is 121 Å². The Morgan fingerprint density at radius 3 is 2.43 bits per heavy atom. The van der Waals surface area contributed by atoms with Crippen molar-refractivity contribution in [1.29, 1.82) is 0 Å². The average Bonchev–Trinajstić information content (AvgIpc) is 2.45. The SMILES string of the molecule is NCc1ccc(S(=O)(=O)NCc2cccc(F)c2)c(F)c1. The summed E-state index contributed by atoms with van der Waals surface area (Å²) in [6, 6.07) is 9.18. The van der Waals surface area contributed by atoms with Gasteiger partial charge in [-0.3, -0.25) is 0 Å². The molecule has 0 fully saturated rings. The number of benzene rings is 2. The quantitative estimate of drug-likeness (QED) is 0.886. The van der Waals surface area contributed by atoms with Crippen LogP contribution in [0.1, 0.15) is 11.1 Å². The first kappa shape index (κ1) is 15.6. The van der Waals surface area contributed by atoms with Crippen LogP contribution < -0.4 is 10.5 Å². The highest BCUT2D eigenvalue weighted by molar-refractivity contribution is 7.89. The van der Waals surface area contributed by atoms with Crippen LogP contribution in [0.15, 0.2) is 47.4 Å². The summed E-state index contributed by atoms with van der Waals surface area (Å²) in [5.74, 6) is -1.34. The van der Waals surface area contributed by atoms with Gasteiger partial charge in [-0.15, -0.1) is 0 Å². The zero-order valence-electron chi connectivity index (χ0n) is 11.0. The number of hydrogen-bond acceptors (Lipinski definition) is 3. The van der Waals surface area contributed by atoms with Gasteiger partial charge in [-0.2, -0.15) is 0 Å². The van der Waals surface area contributed by atoms with Gasteiger partial charge in [-0.1, -0.05) is 18.2 Å². The van der Waals surface area contributed by atoms with Gasteiger partial charge in [0.05, 0.1) is 0 Å². The summed E-state index contributed by atoms with van der Waals surface area (Å²) in [6.07, 6.45) is 0. The molecule has 0 aliphatic heterocycles. The standard InChI is InChI=1S/C14H14F2N2O2S/c15-12-3-1-2-11(6-12)9-18-21(19,20)14-5-4-10(8-17)7-13(14)16/h1-7,18H,8-9,17H2. The highest BCUT2D eigenvalue weighted by Gasteiger charge is 2.18. The van der Waals surface area contributed by atoms with Crippen LogP contribution in [0.3, 0.4) is 0 Å². The van der Waals surface area contributed by atoms with Crippen LogP contribution in [0.4, 0.5) is 8.78 Å². The van der Waals surface area contributed by atoms with E-state index in [-0.39, 0.29) is 13.1 Å². The van der Waals surface area contributed by atoms with E-state index in [2.05, 4.69) is 4.72 Å². The molecule has 4 nitrogen and oxygen atoms in total. The van der Waals surface area contributed by atoms with E-state index < -0.39 is 26.6 Å². The van der Waals surface area contributed by atoms with Gasteiger partial charge in [0, 0.05) is 13.1 Å². The average molecular weight is 312 g/mol. The highest BCUT2D eigenvalue weighted by atomic mass is 32.2. The normalized spacial score (nSPS) is 11.6. The molecule has 2 rings (SSSR count). The van der Waals surface area contributed by atoms with Gasteiger partial charge in [0.25, 0.3) is 0 Å². The number of nitrogens with two attached hydrogens (primary N) is 1. The molecule has 112 valence electrons. The molecule has 0 spiro atoms. The Balaban J connectivity index is 2.19. The first-order valence-electron chi connectivity index (χ1n) is 6.15. The lowest BCUT2D eigenvalue weighted by Gasteiger charge is -2.09. The third-order valence-electron chi connectivity index (χ3n) is 2.88. The first-order valence-corrected chi connectivity index (χ1v) is 7.63. The summed E-state index contributed by atoms with van der Waals surface area (Å²) in [4.78, 5) is -0.462. The summed E-state index contributed by atoms with van der Waals surface area (Å²) in [5.41, 5.74) is 6.30. The molecule has 0 saturated heterocycles. The van der Waals surface area contributed by atoms with Crippen LogP contribution in [0.25, 0.3) is 0 Å². The van der Waals surface area contributed by atoms with Crippen LogP contribution in [-0.4, -0.2) is 8.42 Å². The second kappa shape index (κ2) is 6.30. The largest absolute Gasteiger partial charge is 0.326 e. The summed E-state index contributed by atoms with van der Waals surface area (Å²) < 4.78 is 53.1. The maximum Gasteiger partial charge on any atom is 0.243 e. The summed E-state index contributed by atoms with van der Waals surface area (Å²) in [6.45, 7) is -0.00780. The van der Waals surface area contributed by atoms with Crippen molar-refractivity contribution in [2.24, 2.45) is 5.73 Å². The number of nitrogens with one attached hydrogen (secondary N) is 1. The lowest BCUT2D eigenvalue weighted by molar-refractivity contribution is 0.555. The van der Waals surface area contributed by atoms with E-state index in [9.17, 15) is 17.2 Å². The van der Waals surface area contributed by atoms with Gasteiger partial charge < -0.3 is 5.73 Å². The van der Waals surface area contributed by atoms with Gasteiger partial charge >= 0.3 is 0 Å². The number of hydrogen-bond donors (Lipinski definition) is 2. The highest BCUT2D eigenvalue weighted by Crippen LogP contribution is 2.16. The van der Waals surface area contributed by atoms with Gasteiger partial charge in [0.15, 0.2) is 0 Å². The molecule has 0 aromatic heterocycles. The van der Waals surface area contributed by atoms with Crippen molar-refractivity contribution in [3.63, 3.8) is 0 Å². The van der Waals surface area contributed by atoms with Crippen molar-refractivity contribution < 1.29 is 17.2 Å². The van der Waals surface area contributed by atoms with Crippen LogP contribution in [0, 0.1) is 11.6 Å². The summed E-state index contributed by atoms with van der Waals surface area (Å²) in [5, 5.41) is 0. The fraction of sp³-hybridized carbons (Fsp3) is 0.143. The minimum absolute atomic E-state index is 0.119. The Morgan fingerprint density at radius 2 is 1.81 bits per heavy atom. The topological polar surface area (TPSA) is 72.2 Å². The van der Waals surface area contributed by atoms with Crippen LogP contribution in [0.5, 0.6) is 0 Å². The molecule has 0 aliphatic carbocycles. The smallest absolute Gasteiger partial charge is 0.243 e. The molecule has 2 aromatic rings. The molecule has 2 aromatic carbocycles. The molecule has 3 N–H and O–H groups in total. The number of rotatable bonds is 5. The first-order chi connectivity index (χ1) is 9.92. The molecule has 0 bridgehead atoms. The lowest BCUT2D eigenvalue weighted by atomic mass is 10.2. The van der Waals surface area contributed by atoms with Crippen molar-refractivity contribution >= 4 is 10.0 Å². The summed E-state index contributed by atoms with van der Waals surface area (Å²) in [7, 11) is -4.02. The van der Waals surface area contributed by atoms with Crippen molar-refractivity contribution in [1.82, 2.24) is 4.72 Å². The van der Waals surface area contributed by atoms with Gasteiger partial charge in [-0.05, 0) is 35.4 Å². The fourth-order valence-electron chi connectivity index (χ4n) is 1.79. The van der Waals surface area contributed by atoms with E-state index in [1.807, 2.05) is 0 Å². The van der Waals surface area contributed by atoms with Crippen molar-refractivity contribution in [2.75, 3.05) is 0 Å². The Morgan fingerprint density at radius 1 is 1.05 bits per heavy atom. The predicted molar refractivity (Wildman–Crippen MR) is 74.7 cm³/mol. The van der Waals surface area contributed by atoms with E-state index in [4.69, 9.17) is 5.73 Å². The second-order valence-electron chi connectivity index (χ2n) is 4.42. The van der Waals surface area contributed by atoms with Crippen LogP contribution >= 0.6 is 0 Å². The molecule has 0 aliphatic rings. The minimum Gasteiger partial charge on any atom is -0.326 e. The molecule has 0 radical (unpaired) electrons. The predicted octanol–water partition coefficient (Wildman–Crippen LogP) is 1.90. The van der Waals surface area contributed by atoms with E-state index in [1.165, 1.54) is 24.3 Å². The van der Waals surface area contributed by atoms with Crippen molar-refractivity contribution in [3.05, 3.63) is 65.2 Å². The monoisotopic (exact) mass is 312 g/mol. The molecule has 0 atom stereocenters. The van der Waals surface area contributed by atoms with Gasteiger partial charge in [-0.25, -0.2) is 21.9 Å². The molecular formula is C14H14F2N2O2S. The molecule has 0 heterocycles. The molecule has 7 heteroatoms. The third-order valence-corrected chi connectivity index (χ3v) is 4.31. The molecule has 21 heavy (non-hydrogen) atoms. The van der Waals surface area contributed by atoms with Crippen molar-refractivity contribution in [3.8, 4) is 0 Å². The molecular weight excluding hydrogens is 298 g/mol. The van der Waals surface area contributed by atoms with Gasteiger partial charge in [0.2, 0.25) is 10.0 Å². The molecule has 0 unspecified atom stereocenters. The Hall–Kier alpha value is -1.83. The maximum absolute atomic E-state index is 13.8. The maximum atomic E-state index is 13.8. The third kappa shape index (κ3) is 3.84. The zero-order valence-corrected chi connectivity index (χ0v) is 11.8. The molecule has 0 saturated carbocycles. The zero-order chi connectivity index (χ0) is 15.5. The van der Waals surface area contributed by atoms with Crippen molar-refractivity contribution in [2.45, 2.75) is 18.0 Å². The summed E-state index contributed by atoms with van der Waals surface area (Å²) >= 11 is 0.